The summed E-state index contributed by atoms with van der Waals surface area (Å²) in [5, 5.41) is 4.89. The van der Waals surface area contributed by atoms with E-state index in [1.165, 1.54) is 32.4 Å². The zero-order valence-corrected chi connectivity index (χ0v) is 17.6. The second-order valence-electron chi connectivity index (χ2n) is 7.92. The van der Waals surface area contributed by atoms with Crippen molar-refractivity contribution in [3.8, 4) is 11.5 Å². The largest absolute Gasteiger partial charge is 0.486 e. The average molecular weight is 425 g/mol. The zero-order valence-electron chi connectivity index (χ0n) is 16.8. The lowest BCUT2D eigenvalue weighted by Gasteiger charge is -2.31. The molecule has 1 aromatic heterocycles. The van der Waals surface area contributed by atoms with E-state index in [1.807, 2.05) is 36.4 Å². The minimum Gasteiger partial charge on any atom is -0.486 e. The molecule has 7 heteroatoms. The Hall–Kier alpha value is -2.57. The second kappa shape index (κ2) is 8.66. The number of likely N-dealkylation sites (tertiary alicyclic amines) is 1. The van der Waals surface area contributed by atoms with Crippen molar-refractivity contribution in [2.45, 2.75) is 31.8 Å². The van der Waals surface area contributed by atoms with Gasteiger partial charge in [-0.2, -0.15) is 0 Å². The van der Waals surface area contributed by atoms with Gasteiger partial charge in [0.2, 0.25) is 0 Å². The molecule has 30 heavy (non-hydrogen) atoms. The molecule has 2 aliphatic rings. The molecule has 156 valence electrons. The van der Waals surface area contributed by atoms with E-state index in [0.29, 0.717) is 17.4 Å². The van der Waals surface area contributed by atoms with Crippen LogP contribution in [0.15, 0.2) is 42.7 Å². The molecule has 3 aromatic rings. The molecule has 1 atom stereocenters. The zero-order chi connectivity index (χ0) is 20.3. The number of fused-ring (bicyclic) bond motifs is 2. The second-order valence-corrected chi connectivity index (χ2v) is 8.35. The lowest BCUT2D eigenvalue weighted by Crippen LogP contribution is -2.36. The van der Waals surface area contributed by atoms with Crippen molar-refractivity contribution in [2.24, 2.45) is 0 Å². The Morgan fingerprint density at radius 3 is 2.83 bits per heavy atom. The number of benzene rings is 2. The molecule has 1 saturated heterocycles. The maximum Gasteiger partial charge on any atom is 0.163 e. The van der Waals surface area contributed by atoms with Crippen LogP contribution in [0.4, 0.5) is 11.5 Å². The molecule has 0 saturated carbocycles. The fourth-order valence-corrected chi connectivity index (χ4v) is 4.31. The van der Waals surface area contributed by atoms with Gasteiger partial charge in [0.25, 0.3) is 0 Å². The van der Waals surface area contributed by atoms with Crippen LogP contribution in [0.25, 0.3) is 10.9 Å². The first kappa shape index (κ1) is 19.4. The summed E-state index contributed by atoms with van der Waals surface area (Å²) in [5.41, 5.74) is 1.68. The van der Waals surface area contributed by atoms with Crippen molar-refractivity contribution in [3.63, 3.8) is 0 Å². The van der Waals surface area contributed by atoms with Gasteiger partial charge >= 0.3 is 0 Å². The van der Waals surface area contributed by atoms with Gasteiger partial charge in [-0.05, 0) is 50.2 Å². The summed E-state index contributed by atoms with van der Waals surface area (Å²) in [5.74, 6) is 2.20. The number of nitrogens with one attached hydrogen (secondary N) is 1. The van der Waals surface area contributed by atoms with E-state index in [-0.39, 0.29) is 6.10 Å². The maximum absolute atomic E-state index is 6.30. The van der Waals surface area contributed by atoms with Gasteiger partial charge in [-0.25, -0.2) is 9.97 Å². The fraction of sp³-hybridized carbons (Fsp3) is 0.391. The van der Waals surface area contributed by atoms with Crippen LogP contribution in [-0.4, -0.2) is 47.2 Å². The summed E-state index contributed by atoms with van der Waals surface area (Å²) in [6.07, 6.45) is 6.54. The van der Waals surface area contributed by atoms with Crippen molar-refractivity contribution >= 4 is 34.0 Å². The number of hydrogen-bond donors (Lipinski definition) is 1. The third-order valence-corrected chi connectivity index (χ3v) is 5.96. The van der Waals surface area contributed by atoms with Crippen molar-refractivity contribution < 1.29 is 9.47 Å². The van der Waals surface area contributed by atoms with Crippen LogP contribution < -0.4 is 14.8 Å². The van der Waals surface area contributed by atoms with Gasteiger partial charge in [0.05, 0.1) is 5.52 Å². The quantitative estimate of drug-likeness (QED) is 0.619. The minimum atomic E-state index is 0.0610. The van der Waals surface area contributed by atoms with E-state index in [0.717, 1.165) is 41.1 Å². The highest BCUT2D eigenvalue weighted by molar-refractivity contribution is 6.30. The van der Waals surface area contributed by atoms with Gasteiger partial charge < -0.3 is 19.7 Å². The first-order chi connectivity index (χ1) is 14.7. The van der Waals surface area contributed by atoms with E-state index < -0.39 is 0 Å². The number of rotatable bonds is 5. The van der Waals surface area contributed by atoms with Gasteiger partial charge in [0.1, 0.15) is 24.9 Å². The molecule has 0 radical (unpaired) electrons. The Bertz CT molecular complexity index is 1040. The molecule has 1 unspecified atom stereocenters. The predicted molar refractivity (Wildman–Crippen MR) is 119 cm³/mol. The number of nitrogens with zero attached hydrogens (tertiary/aromatic N) is 3. The standard InChI is InChI=1S/C23H25ClN4O2/c24-16-5-4-6-17(11-16)27-23-19-12-22-21(13-20(19)25-15-26-23)29-14-18(30-22)7-10-28-8-2-1-3-9-28/h4-6,11-13,15,18H,1-3,7-10,14H2,(H,25,26,27). The number of halogens is 1. The minimum absolute atomic E-state index is 0.0610. The molecule has 3 heterocycles. The molecule has 6 nitrogen and oxygen atoms in total. The number of piperidine rings is 1. The predicted octanol–water partition coefficient (Wildman–Crippen LogP) is 5.04. The topological polar surface area (TPSA) is 59.5 Å². The average Bonchev–Trinajstić information content (AvgIpc) is 2.77. The summed E-state index contributed by atoms with van der Waals surface area (Å²) in [6.45, 7) is 4.03. The van der Waals surface area contributed by atoms with E-state index >= 15 is 0 Å². The normalized spacial score (nSPS) is 19.0. The molecule has 1 N–H and O–H groups in total. The summed E-state index contributed by atoms with van der Waals surface area (Å²) in [4.78, 5) is 11.4. The molecule has 0 spiro atoms. The van der Waals surface area contributed by atoms with Crippen LogP contribution in [0.3, 0.4) is 0 Å². The van der Waals surface area contributed by atoms with Crippen LogP contribution in [0.5, 0.6) is 11.5 Å². The van der Waals surface area contributed by atoms with Crippen molar-refractivity contribution in [2.75, 3.05) is 31.6 Å². The molecular formula is C23H25ClN4O2. The molecule has 2 aliphatic heterocycles. The lowest BCUT2D eigenvalue weighted by atomic mass is 10.1. The van der Waals surface area contributed by atoms with Crippen LogP contribution >= 0.6 is 11.6 Å². The smallest absolute Gasteiger partial charge is 0.163 e. The van der Waals surface area contributed by atoms with Gasteiger partial charge in [0.15, 0.2) is 11.5 Å². The van der Waals surface area contributed by atoms with Crippen molar-refractivity contribution in [3.05, 3.63) is 47.7 Å². The Kier molecular flexibility index (Phi) is 5.60. The van der Waals surface area contributed by atoms with E-state index in [9.17, 15) is 0 Å². The Morgan fingerprint density at radius 1 is 1.07 bits per heavy atom. The summed E-state index contributed by atoms with van der Waals surface area (Å²) >= 11 is 6.11. The van der Waals surface area contributed by atoms with E-state index in [2.05, 4.69) is 20.2 Å². The third kappa shape index (κ3) is 4.30. The lowest BCUT2D eigenvalue weighted by molar-refractivity contribution is 0.0730. The van der Waals surface area contributed by atoms with Gasteiger partial charge in [0, 0.05) is 35.1 Å². The monoisotopic (exact) mass is 424 g/mol. The molecular weight excluding hydrogens is 400 g/mol. The molecule has 2 aromatic carbocycles. The van der Waals surface area contributed by atoms with E-state index in [4.69, 9.17) is 21.1 Å². The summed E-state index contributed by atoms with van der Waals surface area (Å²) in [6, 6.07) is 11.5. The van der Waals surface area contributed by atoms with E-state index in [1.54, 1.807) is 6.33 Å². The first-order valence-electron chi connectivity index (χ1n) is 10.6. The SMILES string of the molecule is Clc1cccc(Nc2ncnc3cc4c(cc23)OC(CCN2CCCCC2)CO4)c1. The van der Waals surface area contributed by atoms with Gasteiger partial charge in [-0.15, -0.1) is 0 Å². The molecule has 1 fully saturated rings. The number of ether oxygens (including phenoxy) is 2. The highest BCUT2D eigenvalue weighted by Gasteiger charge is 2.23. The third-order valence-electron chi connectivity index (χ3n) is 5.72. The van der Waals surface area contributed by atoms with Crippen molar-refractivity contribution in [1.29, 1.82) is 0 Å². The summed E-state index contributed by atoms with van der Waals surface area (Å²) < 4.78 is 12.3. The Labute approximate surface area is 181 Å². The Balaban J connectivity index is 1.35. The first-order valence-corrected chi connectivity index (χ1v) is 11.0. The van der Waals surface area contributed by atoms with Crippen molar-refractivity contribution in [1.82, 2.24) is 14.9 Å². The van der Waals surface area contributed by atoms with Crippen LogP contribution in [-0.2, 0) is 0 Å². The molecule has 5 rings (SSSR count). The highest BCUT2D eigenvalue weighted by Crippen LogP contribution is 2.38. The molecule has 0 aliphatic carbocycles. The number of anilines is 2. The van der Waals surface area contributed by atoms with Crippen LogP contribution in [0, 0.1) is 0 Å². The van der Waals surface area contributed by atoms with Gasteiger partial charge in [-0.1, -0.05) is 24.1 Å². The highest BCUT2D eigenvalue weighted by atomic mass is 35.5. The molecule has 0 amide bonds. The maximum atomic E-state index is 6.30. The molecule has 0 bridgehead atoms. The fourth-order valence-electron chi connectivity index (χ4n) is 4.12. The van der Waals surface area contributed by atoms with Crippen LogP contribution in [0.1, 0.15) is 25.7 Å². The number of hydrogen-bond acceptors (Lipinski definition) is 6. The van der Waals surface area contributed by atoms with Crippen LogP contribution in [0.2, 0.25) is 5.02 Å². The summed E-state index contributed by atoms with van der Waals surface area (Å²) in [7, 11) is 0. The number of aromatic nitrogens is 2. The Morgan fingerprint density at radius 2 is 1.97 bits per heavy atom. The van der Waals surface area contributed by atoms with Gasteiger partial charge in [-0.3, -0.25) is 0 Å².